The van der Waals surface area contributed by atoms with E-state index in [4.69, 9.17) is 5.53 Å². The summed E-state index contributed by atoms with van der Waals surface area (Å²) in [5.41, 5.74) is 9.92. The van der Waals surface area contributed by atoms with Crippen molar-refractivity contribution in [2.45, 2.75) is 37.5 Å². The van der Waals surface area contributed by atoms with Gasteiger partial charge in [0.2, 0.25) is 11.8 Å². The Bertz CT molecular complexity index is 956. The molecule has 0 aromatic heterocycles. The molecule has 2 fully saturated rings. The summed E-state index contributed by atoms with van der Waals surface area (Å²) in [4.78, 5) is 52.8. The minimum Gasteiger partial charge on any atom is -0.315 e. The van der Waals surface area contributed by atoms with Gasteiger partial charge in [-0.05, 0) is 29.6 Å². The number of fused-ring (bicyclic) bond motifs is 1. The molecule has 3 atom stereocenters. The van der Waals surface area contributed by atoms with E-state index in [9.17, 15) is 19.2 Å². The summed E-state index contributed by atoms with van der Waals surface area (Å²) >= 11 is 0. The average Bonchev–Trinajstić information content (AvgIpc) is 3.24. The van der Waals surface area contributed by atoms with Crippen molar-refractivity contribution in [3.8, 4) is 0 Å². The Morgan fingerprint density at radius 2 is 1.97 bits per heavy atom. The summed E-state index contributed by atoms with van der Waals surface area (Å²) in [5.74, 6) is -2.09. The van der Waals surface area contributed by atoms with Crippen LogP contribution >= 0.6 is 0 Å². The molecule has 0 spiro atoms. The summed E-state index contributed by atoms with van der Waals surface area (Å²) in [7, 11) is 0. The highest BCUT2D eigenvalue weighted by molar-refractivity contribution is 6.23. The van der Waals surface area contributed by atoms with E-state index in [-0.39, 0.29) is 36.1 Å². The third-order valence-corrected chi connectivity index (χ3v) is 5.45. The SMILES string of the molecule is [N-]=[N+]=N[C@@H]1CNC[C@@H]1NCc1ccc2c(c1)C(=O)N(C1CCC(=O)NC1=O)C2=O. The second kappa shape index (κ2) is 7.63. The zero-order valence-electron chi connectivity index (χ0n) is 15.4. The summed E-state index contributed by atoms with van der Waals surface area (Å²) in [6, 6.07) is 3.76. The third kappa shape index (κ3) is 3.46. The first-order valence-corrected chi connectivity index (χ1v) is 9.32. The van der Waals surface area contributed by atoms with Crippen LogP contribution in [0.5, 0.6) is 0 Å². The van der Waals surface area contributed by atoms with E-state index in [0.717, 1.165) is 10.5 Å². The summed E-state index contributed by atoms with van der Waals surface area (Å²) in [6.07, 6.45) is 0.209. The lowest BCUT2D eigenvalue weighted by molar-refractivity contribution is -0.136. The number of hydrogen-bond acceptors (Lipinski definition) is 7. The highest BCUT2D eigenvalue weighted by Gasteiger charge is 2.44. The Balaban J connectivity index is 1.49. The second-order valence-corrected chi connectivity index (χ2v) is 7.25. The number of benzene rings is 1. The molecular weight excluding hydrogens is 378 g/mol. The number of hydrogen-bond donors (Lipinski definition) is 3. The average molecular weight is 397 g/mol. The first-order valence-electron chi connectivity index (χ1n) is 9.32. The first kappa shape index (κ1) is 19.1. The molecule has 1 aromatic carbocycles. The van der Waals surface area contributed by atoms with Crippen LogP contribution in [0, 0.1) is 0 Å². The standard InChI is InChI=1S/C18H19N7O4/c19-24-23-13-8-20-7-12(13)21-6-9-1-2-10-11(5-9)18(29)25(17(10)28)14-3-4-15(26)22-16(14)27/h1-2,5,12-14,20-21H,3-4,6-8H2,(H,22,26,27)/t12-,13+,14?/m0/s1. The molecule has 1 unspecified atom stereocenters. The normalized spacial score (nSPS) is 26.3. The minimum atomic E-state index is -0.976. The molecule has 29 heavy (non-hydrogen) atoms. The van der Waals surface area contributed by atoms with Gasteiger partial charge in [0, 0.05) is 37.0 Å². The third-order valence-electron chi connectivity index (χ3n) is 5.45. The van der Waals surface area contributed by atoms with Crippen molar-refractivity contribution in [1.82, 2.24) is 20.9 Å². The maximum Gasteiger partial charge on any atom is 0.262 e. The number of piperidine rings is 1. The number of carbonyl (C=O) groups excluding carboxylic acids is 4. The van der Waals surface area contributed by atoms with E-state index < -0.39 is 29.7 Å². The molecule has 150 valence electrons. The Morgan fingerprint density at radius 3 is 2.72 bits per heavy atom. The van der Waals surface area contributed by atoms with Gasteiger partial charge in [0.15, 0.2) is 0 Å². The van der Waals surface area contributed by atoms with Gasteiger partial charge < -0.3 is 10.6 Å². The number of rotatable bonds is 5. The van der Waals surface area contributed by atoms with Crippen molar-refractivity contribution >= 4 is 23.6 Å². The van der Waals surface area contributed by atoms with Gasteiger partial charge in [-0.2, -0.15) is 0 Å². The summed E-state index contributed by atoms with van der Waals surface area (Å²) in [5, 5.41) is 12.4. The molecule has 4 rings (SSSR count). The van der Waals surface area contributed by atoms with Crippen LogP contribution in [0.2, 0.25) is 0 Å². The van der Waals surface area contributed by atoms with E-state index in [0.29, 0.717) is 19.6 Å². The maximum atomic E-state index is 12.8. The number of carbonyl (C=O) groups is 4. The van der Waals surface area contributed by atoms with Crippen molar-refractivity contribution in [3.63, 3.8) is 0 Å². The molecule has 0 aliphatic carbocycles. The molecule has 11 heteroatoms. The van der Waals surface area contributed by atoms with Crippen molar-refractivity contribution in [2.75, 3.05) is 13.1 Å². The maximum absolute atomic E-state index is 12.8. The van der Waals surface area contributed by atoms with Gasteiger partial charge in [-0.25, -0.2) is 0 Å². The molecule has 3 N–H and O–H groups in total. The van der Waals surface area contributed by atoms with Crippen LogP contribution in [0.25, 0.3) is 10.4 Å². The minimum absolute atomic E-state index is 0.0311. The van der Waals surface area contributed by atoms with Crippen LogP contribution in [0.15, 0.2) is 23.3 Å². The van der Waals surface area contributed by atoms with Gasteiger partial charge in [-0.3, -0.25) is 29.4 Å². The van der Waals surface area contributed by atoms with Crippen molar-refractivity contribution in [3.05, 3.63) is 45.3 Å². The molecule has 2 saturated heterocycles. The Hall–Kier alpha value is -3.27. The molecule has 3 aliphatic heterocycles. The Labute approximate surface area is 165 Å². The predicted octanol–water partition coefficient (Wildman–Crippen LogP) is -0.172. The van der Waals surface area contributed by atoms with Crippen molar-refractivity contribution in [2.24, 2.45) is 5.11 Å². The lowest BCUT2D eigenvalue weighted by Crippen LogP contribution is -2.54. The lowest BCUT2D eigenvalue weighted by Gasteiger charge is -2.27. The molecule has 1 aromatic rings. The van der Waals surface area contributed by atoms with Gasteiger partial charge in [0.25, 0.3) is 11.8 Å². The molecular formula is C18H19N7O4. The molecule has 0 radical (unpaired) electrons. The van der Waals surface area contributed by atoms with Gasteiger partial charge in [-0.1, -0.05) is 11.2 Å². The fourth-order valence-electron chi connectivity index (χ4n) is 3.94. The van der Waals surface area contributed by atoms with E-state index in [2.05, 4.69) is 26.0 Å². The smallest absolute Gasteiger partial charge is 0.262 e. The highest BCUT2D eigenvalue weighted by atomic mass is 16.2. The predicted molar refractivity (Wildman–Crippen MR) is 99.5 cm³/mol. The fraction of sp³-hybridized carbons (Fsp3) is 0.444. The zero-order chi connectivity index (χ0) is 20.5. The highest BCUT2D eigenvalue weighted by Crippen LogP contribution is 2.28. The molecule has 4 amide bonds. The number of nitrogens with zero attached hydrogens (tertiary/aromatic N) is 4. The quantitative estimate of drug-likeness (QED) is 0.271. The van der Waals surface area contributed by atoms with Crippen LogP contribution in [0.3, 0.4) is 0 Å². The van der Waals surface area contributed by atoms with E-state index >= 15 is 0 Å². The molecule has 3 heterocycles. The van der Waals surface area contributed by atoms with Crippen LogP contribution in [-0.4, -0.2) is 59.7 Å². The van der Waals surface area contributed by atoms with Crippen molar-refractivity contribution in [1.29, 1.82) is 0 Å². The van der Waals surface area contributed by atoms with Crippen LogP contribution in [0.1, 0.15) is 39.1 Å². The van der Waals surface area contributed by atoms with Crippen LogP contribution in [-0.2, 0) is 16.1 Å². The Morgan fingerprint density at radius 1 is 1.17 bits per heavy atom. The van der Waals surface area contributed by atoms with Gasteiger partial charge >= 0.3 is 0 Å². The molecule has 3 aliphatic rings. The summed E-state index contributed by atoms with van der Waals surface area (Å²) in [6.45, 7) is 1.69. The monoisotopic (exact) mass is 397 g/mol. The summed E-state index contributed by atoms with van der Waals surface area (Å²) < 4.78 is 0. The van der Waals surface area contributed by atoms with E-state index in [1.165, 1.54) is 0 Å². The second-order valence-electron chi connectivity index (χ2n) is 7.25. The zero-order valence-corrected chi connectivity index (χ0v) is 15.4. The van der Waals surface area contributed by atoms with Crippen LogP contribution in [0.4, 0.5) is 0 Å². The Kier molecular flexibility index (Phi) is 5.01. The molecule has 0 saturated carbocycles. The van der Waals surface area contributed by atoms with Gasteiger partial charge in [0.05, 0.1) is 17.2 Å². The van der Waals surface area contributed by atoms with E-state index in [1.807, 2.05) is 0 Å². The lowest BCUT2D eigenvalue weighted by atomic mass is 10.0. The first-order chi connectivity index (χ1) is 14.0. The van der Waals surface area contributed by atoms with Gasteiger partial charge in [0.1, 0.15) is 6.04 Å². The number of nitrogens with one attached hydrogen (secondary N) is 3. The van der Waals surface area contributed by atoms with E-state index in [1.54, 1.807) is 18.2 Å². The number of amides is 4. The number of azide groups is 1. The van der Waals surface area contributed by atoms with Crippen molar-refractivity contribution < 1.29 is 19.2 Å². The van der Waals surface area contributed by atoms with Gasteiger partial charge in [-0.15, -0.1) is 0 Å². The van der Waals surface area contributed by atoms with Crippen LogP contribution < -0.4 is 16.0 Å². The molecule has 0 bridgehead atoms. The topological polar surface area (TPSA) is 156 Å². The largest absolute Gasteiger partial charge is 0.315 e. The molecule has 11 nitrogen and oxygen atoms in total. The fourth-order valence-corrected chi connectivity index (χ4v) is 3.94. The number of imide groups is 2.